The van der Waals surface area contributed by atoms with Gasteiger partial charge in [0.05, 0.1) is 0 Å². The Morgan fingerprint density at radius 3 is 2.82 bits per heavy atom. The number of halogens is 1. The molecule has 0 aliphatic rings. The number of hydrogen-bond acceptors (Lipinski definition) is 3. The summed E-state index contributed by atoms with van der Waals surface area (Å²) in [6.45, 7) is 1.87. The summed E-state index contributed by atoms with van der Waals surface area (Å²) in [4.78, 5) is 26.5. The van der Waals surface area contributed by atoms with Crippen molar-refractivity contribution in [2.75, 3.05) is 0 Å². The summed E-state index contributed by atoms with van der Waals surface area (Å²) in [5.74, 6) is -1.43. The lowest BCUT2D eigenvalue weighted by atomic mass is 10.1. The Balaban J connectivity index is 2.73. The molecule has 1 aromatic heterocycles. The fraction of sp³-hybridized carbons (Fsp3) is 0.364. The molecule has 0 aliphatic carbocycles. The van der Waals surface area contributed by atoms with E-state index in [1.807, 2.05) is 6.92 Å². The highest BCUT2D eigenvalue weighted by atomic mass is 79.9. The van der Waals surface area contributed by atoms with Crippen LogP contribution in [-0.4, -0.2) is 28.0 Å². The van der Waals surface area contributed by atoms with E-state index in [4.69, 9.17) is 5.11 Å². The van der Waals surface area contributed by atoms with Gasteiger partial charge in [-0.3, -0.25) is 4.79 Å². The number of nitrogens with one attached hydrogen (secondary N) is 1. The van der Waals surface area contributed by atoms with Gasteiger partial charge >= 0.3 is 5.97 Å². The fourth-order valence-electron chi connectivity index (χ4n) is 1.33. The highest BCUT2D eigenvalue weighted by Gasteiger charge is 2.19. The molecule has 0 bridgehead atoms. The molecule has 1 rings (SSSR count). The lowest BCUT2D eigenvalue weighted by Crippen LogP contribution is -2.40. The van der Waals surface area contributed by atoms with Crippen molar-refractivity contribution in [1.29, 1.82) is 0 Å². The molecule has 0 spiro atoms. The van der Waals surface area contributed by atoms with Gasteiger partial charge in [0.15, 0.2) is 0 Å². The zero-order valence-corrected chi connectivity index (χ0v) is 10.9. The van der Waals surface area contributed by atoms with Gasteiger partial charge in [0, 0.05) is 11.8 Å². The van der Waals surface area contributed by atoms with E-state index in [1.165, 1.54) is 12.3 Å². The Morgan fingerprint density at radius 1 is 1.59 bits per heavy atom. The van der Waals surface area contributed by atoms with Crippen molar-refractivity contribution in [2.45, 2.75) is 25.8 Å². The van der Waals surface area contributed by atoms with Crippen LogP contribution in [0.2, 0.25) is 0 Å². The number of hydrogen-bond donors (Lipinski definition) is 2. The highest BCUT2D eigenvalue weighted by Crippen LogP contribution is 2.08. The maximum absolute atomic E-state index is 11.8. The van der Waals surface area contributed by atoms with E-state index in [-0.39, 0.29) is 0 Å². The van der Waals surface area contributed by atoms with Crippen molar-refractivity contribution in [3.05, 3.63) is 28.5 Å². The minimum Gasteiger partial charge on any atom is -0.480 e. The Hall–Kier alpha value is -1.43. The molecule has 2 N–H and O–H groups in total. The molecule has 6 heteroatoms. The molecule has 5 nitrogen and oxygen atoms in total. The second kappa shape index (κ2) is 6.34. The van der Waals surface area contributed by atoms with Crippen LogP contribution in [0, 0.1) is 0 Å². The number of rotatable bonds is 5. The van der Waals surface area contributed by atoms with Crippen LogP contribution >= 0.6 is 15.9 Å². The monoisotopic (exact) mass is 300 g/mol. The zero-order chi connectivity index (χ0) is 12.8. The van der Waals surface area contributed by atoms with E-state index in [9.17, 15) is 9.59 Å². The number of amides is 1. The van der Waals surface area contributed by atoms with Crippen molar-refractivity contribution in [1.82, 2.24) is 10.3 Å². The van der Waals surface area contributed by atoms with Crippen molar-refractivity contribution in [3.63, 3.8) is 0 Å². The van der Waals surface area contributed by atoms with Crippen LogP contribution in [-0.2, 0) is 4.79 Å². The SMILES string of the molecule is CCC[C@@H](NC(=O)c1ccnc(Br)c1)C(=O)O. The zero-order valence-electron chi connectivity index (χ0n) is 9.31. The number of carboxylic acid groups (broad SMARTS) is 1. The van der Waals surface area contributed by atoms with Crippen molar-refractivity contribution in [2.24, 2.45) is 0 Å². The summed E-state index contributed by atoms with van der Waals surface area (Å²) < 4.78 is 0.535. The van der Waals surface area contributed by atoms with E-state index in [0.717, 1.165) is 0 Å². The van der Waals surface area contributed by atoms with E-state index in [1.54, 1.807) is 6.07 Å². The number of aromatic nitrogens is 1. The molecule has 1 amide bonds. The maximum atomic E-state index is 11.8. The predicted molar refractivity (Wildman–Crippen MR) is 65.7 cm³/mol. The van der Waals surface area contributed by atoms with Crippen LogP contribution in [0.4, 0.5) is 0 Å². The number of aliphatic carboxylic acids is 1. The molecule has 1 atom stereocenters. The summed E-state index contributed by atoms with van der Waals surface area (Å²) in [5, 5.41) is 11.4. The average molecular weight is 301 g/mol. The van der Waals surface area contributed by atoms with Crippen LogP contribution < -0.4 is 5.32 Å². The van der Waals surface area contributed by atoms with Gasteiger partial charge in [-0.05, 0) is 34.5 Å². The molecule has 0 saturated carbocycles. The fourth-order valence-corrected chi connectivity index (χ4v) is 1.70. The van der Waals surface area contributed by atoms with Crippen molar-refractivity contribution in [3.8, 4) is 0 Å². The Labute approximate surface area is 107 Å². The molecule has 17 heavy (non-hydrogen) atoms. The Bertz CT molecular complexity index is 423. The number of carboxylic acids is 1. The lowest BCUT2D eigenvalue weighted by molar-refractivity contribution is -0.139. The van der Waals surface area contributed by atoms with Gasteiger partial charge in [0.1, 0.15) is 10.6 Å². The maximum Gasteiger partial charge on any atom is 0.326 e. The molecule has 1 aromatic rings. The van der Waals surface area contributed by atoms with E-state index < -0.39 is 17.9 Å². The molecule has 0 aromatic carbocycles. The minimum atomic E-state index is -1.02. The van der Waals surface area contributed by atoms with Crippen molar-refractivity contribution >= 4 is 27.8 Å². The number of carbonyl (C=O) groups is 2. The van der Waals surface area contributed by atoms with E-state index >= 15 is 0 Å². The Morgan fingerprint density at radius 2 is 2.29 bits per heavy atom. The summed E-state index contributed by atoms with van der Waals surface area (Å²) in [6.07, 6.45) is 2.58. The third-order valence-electron chi connectivity index (χ3n) is 2.17. The number of nitrogens with zero attached hydrogens (tertiary/aromatic N) is 1. The summed E-state index contributed by atoms with van der Waals surface area (Å²) in [5.41, 5.74) is 0.384. The molecular formula is C11H13BrN2O3. The van der Waals surface area contributed by atoms with Gasteiger partial charge in [-0.1, -0.05) is 13.3 Å². The standard InChI is InChI=1S/C11H13BrN2O3/c1-2-3-8(11(16)17)14-10(15)7-4-5-13-9(12)6-7/h4-6,8H,2-3H2,1H3,(H,14,15)(H,16,17)/t8-/m1/s1. The first-order chi connectivity index (χ1) is 8.04. The van der Waals surface area contributed by atoms with Gasteiger partial charge in [-0.2, -0.15) is 0 Å². The lowest BCUT2D eigenvalue weighted by Gasteiger charge is -2.13. The first-order valence-electron chi connectivity index (χ1n) is 5.19. The number of pyridine rings is 1. The van der Waals surface area contributed by atoms with Crippen molar-refractivity contribution < 1.29 is 14.7 Å². The number of carbonyl (C=O) groups excluding carboxylic acids is 1. The summed E-state index contributed by atoms with van der Waals surface area (Å²) in [6, 6.07) is 2.23. The normalized spacial score (nSPS) is 11.9. The second-order valence-corrected chi connectivity index (χ2v) is 4.33. The van der Waals surface area contributed by atoms with Gasteiger partial charge < -0.3 is 10.4 Å². The summed E-state index contributed by atoms with van der Waals surface area (Å²) >= 11 is 3.15. The Kier molecular flexibility index (Phi) is 5.09. The molecule has 0 fully saturated rings. The summed E-state index contributed by atoms with van der Waals surface area (Å²) in [7, 11) is 0. The molecule has 0 aliphatic heterocycles. The highest BCUT2D eigenvalue weighted by molar-refractivity contribution is 9.10. The predicted octanol–water partition coefficient (Wildman–Crippen LogP) is 1.83. The topological polar surface area (TPSA) is 79.3 Å². The second-order valence-electron chi connectivity index (χ2n) is 3.52. The average Bonchev–Trinajstić information content (AvgIpc) is 2.28. The largest absolute Gasteiger partial charge is 0.480 e. The van der Waals surface area contributed by atoms with E-state index in [2.05, 4.69) is 26.2 Å². The molecular weight excluding hydrogens is 288 g/mol. The smallest absolute Gasteiger partial charge is 0.326 e. The molecule has 0 unspecified atom stereocenters. The third kappa shape index (κ3) is 4.14. The molecule has 0 radical (unpaired) electrons. The van der Waals surface area contributed by atoms with Crippen LogP contribution in [0.5, 0.6) is 0 Å². The van der Waals surface area contributed by atoms with E-state index in [0.29, 0.717) is 23.0 Å². The van der Waals surface area contributed by atoms with Crippen LogP contribution in [0.1, 0.15) is 30.1 Å². The van der Waals surface area contributed by atoms with Crippen LogP contribution in [0.3, 0.4) is 0 Å². The first-order valence-corrected chi connectivity index (χ1v) is 5.99. The van der Waals surface area contributed by atoms with Crippen LogP contribution in [0.15, 0.2) is 22.9 Å². The van der Waals surface area contributed by atoms with Gasteiger partial charge in [-0.15, -0.1) is 0 Å². The first kappa shape index (κ1) is 13.6. The molecule has 0 saturated heterocycles. The molecule has 92 valence electrons. The van der Waals surface area contributed by atoms with Gasteiger partial charge in [0.25, 0.3) is 5.91 Å². The molecule has 1 heterocycles. The quantitative estimate of drug-likeness (QED) is 0.813. The van der Waals surface area contributed by atoms with Gasteiger partial charge in [0.2, 0.25) is 0 Å². The van der Waals surface area contributed by atoms with Gasteiger partial charge in [-0.25, -0.2) is 9.78 Å². The van der Waals surface area contributed by atoms with Crippen LogP contribution in [0.25, 0.3) is 0 Å². The minimum absolute atomic E-state index is 0.384. The third-order valence-corrected chi connectivity index (χ3v) is 2.60.